The van der Waals surface area contributed by atoms with Crippen molar-refractivity contribution in [3.8, 4) is 6.07 Å². The van der Waals surface area contributed by atoms with Crippen LogP contribution >= 0.6 is 0 Å². The van der Waals surface area contributed by atoms with E-state index in [2.05, 4.69) is 16.4 Å². The molecule has 2 atom stereocenters. The van der Waals surface area contributed by atoms with Gasteiger partial charge in [0.05, 0.1) is 11.7 Å². The Morgan fingerprint density at radius 3 is 2.83 bits per heavy atom. The van der Waals surface area contributed by atoms with Crippen LogP contribution in [-0.4, -0.2) is 24.2 Å². The first kappa shape index (κ1) is 12.8. The molecule has 1 aromatic rings. The molecule has 96 valence electrons. The predicted octanol–water partition coefficient (Wildman–Crippen LogP) is 2.55. The highest BCUT2D eigenvalue weighted by molar-refractivity contribution is 5.56. The normalized spacial score (nSPS) is 22.8. The number of nitrogens with one attached hydrogen (secondary N) is 1. The summed E-state index contributed by atoms with van der Waals surface area (Å²) in [6.07, 6.45) is 3.45. The minimum Gasteiger partial charge on any atom is -0.381 e. The number of rotatable bonds is 3. The fourth-order valence-corrected chi connectivity index (χ4v) is 2.56. The van der Waals surface area contributed by atoms with Gasteiger partial charge in [-0.05, 0) is 44.7 Å². The van der Waals surface area contributed by atoms with Gasteiger partial charge in [-0.2, -0.15) is 5.26 Å². The predicted molar refractivity (Wildman–Crippen MR) is 70.5 cm³/mol. The fourth-order valence-electron chi connectivity index (χ4n) is 2.56. The zero-order chi connectivity index (χ0) is 13.1. The van der Waals surface area contributed by atoms with Crippen LogP contribution in [0.3, 0.4) is 0 Å². The largest absolute Gasteiger partial charge is 0.381 e. The SMILES string of the molecule is COC1CCC(Nc2nc(C)cc(C)c2C#N)C1. The van der Waals surface area contributed by atoms with Crippen molar-refractivity contribution >= 4 is 5.82 Å². The topological polar surface area (TPSA) is 57.9 Å². The molecule has 0 radical (unpaired) electrons. The number of anilines is 1. The van der Waals surface area contributed by atoms with Crippen LogP contribution in [0.5, 0.6) is 0 Å². The number of ether oxygens (including phenoxy) is 1. The molecule has 0 bridgehead atoms. The molecule has 4 nitrogen and oxygen atoms in total. The second-order valence-corrected chi connectivity index (χ2v) is 4.93. The van der Waals surface area contributed by atoms with E-state index >= 15 is 0 Å². The van der Waals surface area contributed by atoms with E-state index in [-0.39, 0.29) is 0 Å². The molecule has 1 aromatic heterocycles. The van der Waals surface area contributed by atoms with Gasteiger partial charge < -0.3 is 10.1 Å². The smallest absolute Gasteiger partial charge is 0.144 e. The first-order valence-electron chi connectivity index (χ1n) is 6.31. The number of pyridine rings is 1. The Bertz CT molecular complexity index is 479. The molecule has 18 heavy (non-hydrogen) atoms. The minimum absolute atomic E-state index is 0.332. The van der Waals surface area contributed by atoms with E-state index in [4.69, 9.17) is 4.74 Å². The Kier molecular flexibility index (Phi) is 3.83. The van der Waals surface area contributed by atoms with Crippen LogP contribution in [0.25, 0.3) is 0 Å². The highest BCUT2D eigenvalue weighted by Crippen LogP contribution is 2.26. The summed E-state index contributed by atoms with van der Waals surface area (Å²) < 4.78 is 5.36. The van der Waals surface area contributed by atoms with Crippen LogP contribution in [0.15, 0.2) is 6.07 Å². The van der Waals surface area contributed by atoms with Crippen LogP contribution in [0.1, 0.15) is 36.1 Å². The van der Waals surface area contributed by atoms with E-state index in [0.29, 0.717) is 17.7 Å². The number of hydrogen-bond acceptors (Lipinski definition) is 4. The summed E-state index contributed by atoms with van der Waals surface area (Å²) in [7, 11) is 1.75. The summed E-state index contributed by atoms with van der Waals surface area (Å²) in [4.78, 5) is 4.44. The van der Waals surface area contributed by atoms with Crippen molar-refractivity contribution in [2.75, 3.05) is 12.4 Å². The molecule has 1 aliphatic rings. The molecule has 1 fully saturated rings. The van der Waals surface area contributed by atoms with E-state index in [1.54, 1.807) is 7.11 Å². The van der Waals surface area contributed by atoms with E-state index in [1.807, 2.05) is 19.9 Å². The van der Waals surface area contributed by atoms with Gasteiger partial charge in [-0.25, -0.2) is 4.98 Å². The Morgan fingerprint density at radius 2 is 2.22 bits per heavy atom. The maximum absolute atomic E-state index is 9.21. The summed E-state index contributed by atoms with van der Waals surface area (Å²) in [5.74, 6) is 0.719. The summed E-state index contributed by atoms with van der Waals surface area (Å²) in [6.45, 7) is 3.90. The van der Waals surface area contributed by atoms with E-state index in [1.165, 1.54) is 0 Å². The lowest BCUT2D eigenvalue weighted by Crippen LogP contribution is -2.19. The highest BCUT2D eigenvalue weighted by Gasteiger charge is 2.25. The zero-order valence-corrected chi connectivity index (χ0v) is 11.2. The molecule has 0 aromatic carbocycles. The summed E-state index contributed by atoms with van der Waals surface area (Å²) in [6, 6.07) is 4.53. The maximum atomic E-state index is 9.21. The Morgan fingerprint density at radius 1 is 1.44 bits per heavy atom. The summed E-state index contributed by atoms with van der Waals surface area (Å²) in [5, 5.41) is 12.6. The summed E-state index contributed by atoms with van der Waals surface area (Å²) in [5.41, 5.74) is 2.57. The lowest BCUT2D eigenvalue weighted by molar-refractivity contribution is 0.108. The molecule has 1 N–H and O–H groups in total. The van der Waals surface area contributed by atoms with Crippen molar-refractivity contribution < 1.29 is 4.74 Å². The van der Waals surface area contributed by atoms with Crippen molar-refractivity contribution in [3.63, 3.8) is 0 Å². The van der Waals surface area contributed by atoms with Gasteiger partial charge in [0.15, 0.2) is 0 Å². The van der Waals surface area contributed by atoms with Crippen molar-refractivity contribution in [1.29, 1.82) is 5.26 Å². The van der Waals surface area contributed by atoms with Crippen LogP contribution in [-0.2, 0) is 4.74 Å². The number of aryl methyl sites for hydroxylation is 2. The molecular formula is C14H19N3O. The lowest BCUT2D eigenvalue weighted by atomic mass is 10.1. The van der Waals surface area contributed by atoms with E-state index in [0.717, 1.165) is 36.3 Å². The van der Waals surface area contributed by atoms with Crippen LogP contribution < -0.4 is 5.32 Å². The van der Waals surface area contributed by atoms with Gasteiger partial charge >= 0.3 is 0 Å². The molecule has 2 rings (SSSR count). The second-order valence-electron chi connectivity index (χ2n) is 4.93. The van der Waals surface area contributed by atoms with Gasteiger partial charge in [0.2, 0.25) is 0 Å². The van der Waals surface area contributed by atoms with Gasteiger partial charge in [-0.15, -0.1) is 0 Å². The third-order valence-electron chi connectivity index (χ3n) is 3.52. The molecule has 0 saturated heterocycles. The third kappa shape index (κ3) is 2.62. The maximum Gasteiger partial charge on any atom is 0.144 e. The lowest BCUT2D eigenvalue weighted by Gasteiger charge is -2.16. The third-order valence-corrected chi connectivity index (χ3v) is 3.52. The monoisotopic (exact) mass is 245 g/mol. The molecule has 1 saturated carbocycles. The standard InChI is InChI=1S/C14H19N3O/c1-9-6-10(2)16-14(13(9)8-15)17-11-4-5-12(7-11)18-3/h6,11-12H,4-5,7H2,1-3H3,(H,16,17). The van der Waals surface area contributed by atoms with Crippen LogP contribution in [0.2, 0.25) is 0 Å². The number of hydrogen-bond donors (Lipinski definition) is 1. The average molecular weight is 245 g/mol. The van der Waals surface area contributed by atoms with E-state index in [9.17, 15) is 5.26 Å². The first-order chi connectivity index (χ1) is 8.63. The van der Waals surface area contributed by atoms with Crippen LogP contribution in [0, 0.1) is 25.2 Å². The minimum atomic E-state index is 0.332. The van der Waals surface area contributed by atoms with Gasteiger partial charge in [-0.3, -0.25) is 0 Å². The number of aromatic nitrogens is 1. The van der Waals surface area contributed by atoms with Gasteiger partial charge in [0.25, 0.3) is 0 Å². The molecule has 0 spiro atoms. The fraction of sp³-hybridized carbons (Fsp3) is 0.571. The van der Waals surface area contributed by atoms with Crippen molar-refractivity contribution in [2.45, 2.75) is 45.3 Å². The van der Waals surface area contributed by atoms with Gasteiger partial charge in [0.1, 0.15) is 11.9 Å². The van der Waals surface area contributed by atoms with Crippen molar-refractivity contribution in [3.05, 3.63) is 22.9 Å². The second kappa shape index (κ2) is 5.36. The van der Waals surface area contributed by atoms with Crippen molar-refractivity contribution in [2.24, 2.45) is 0 Å². The molecule has 2 unspecified atom stereocenters. The Balaban J connectivity index is 2.17. The van der Waals surface area contributed by atoms with Crippen molar-refractivity contribution in [1.82, 2.24) is 4.98 Å². The average Bonchev–Trinajstić information content (AvgIpc) is 2.76. The van der Waals surface area contributed by atoms with Gasteiger partial charge in [0, 0.05) is 18.8 Å². The van der Waals surface area contributed by atoms with Crippen LogP contribution in [0.4, 0.5) is 5.82 Å². The Labute approximate surface area is 108 Å². The zero-order valence-electron chi connectivity index (χ0n) is 11.2. The highest BCUT2D eigenvalue weighted by atomic mass is 16.5. The molecule has 0 aliphatic heterocycles. The molecule has 0 amide bonds. The number of methoxy groups -OCH3 is 1. The number of nitriles is 1. The molecule has 4 heteroatoms. The molecule has 1 aliphatic carbocycles. The Hall–Kier alpha value is -1.60. The quantitative estimate of drug-likeness (QED) is 0.889. The first-order valence-corrected chi connectivity index (χ1v) is 6.31. The number of nitrogens with zero attached hydrogens (tertiary/aromatic N) is 2. The molecule has 1 heterocycles. The van der Waals surface area contributed by atoms with Gasteiger partial charge in [-0.1, -0.05) is 0 Å². The molecular weight excluding hydrogens is 226 g/mol. The van der Waals surface area contributed by atoms with E-state index < -0.39 is 0 Å². The summed E-state index contributed by atoms with van der Waals surface area (Å²) >= 11 is 0.